The summed E-state index contributed by atoms with van der Waals surface area (Å²) in [7, 11) is -3.62. The zero-order chi connectivity index (χ0) is 17.0. The van der Waals surface area contributed by atoms with Crippen molar-refractivity contribution in [3.63, 3.8) is 0 Å². The standard InChI is InChI=1S/C16H14N2O3S3/c19-16(17-10-12-6-8-22-11-12)13-3-1-4-14(9-13)18-24(20,21)15-5-2-7-23-15/h1-9,11,18H,10H2,(H,17,19). The van der Waals surface area contributed by atoms with Crippen LogP contribution in [0, 0.1) is 0 Å². The SMILES string of the molecule is O=C(NCc1ccsc1)c1cccc(NS(=O)(=O)c2cccs2)c1. The zero-order valence-electron chi connectivity index (χ0n) is 12.4. The summed E-state index contributed by atoms with van der Waals surface area (Å²) in [6.45, 7) is 0.438. The molecule has 0 aliphatic carbocycles. The van der Waals surface area contributed by atoms with Gasteiger partial charge < -0.3 is 5.32 Å². The highest BCUT2D eigenvalue weighted by molar-refractivity contribution is 7.94. The minimum absolute atomic E-state index is 0.231. The maximum atomic E-state index is 12.2. The Bertz CT molecular complexity index is 917. The van der Waals surface area contributed by atoms with Crippen LogP contribution >= 0.6 is 22.7 Å². The third kappa shape index (κ3) is 4.02. The van der Waals surface area contributed by atoms with Crippen LogP contribution in [0.3, 0.4) is 0 Å². The van der Waals surface area contributed by atoms with E-state index in [9.17, 15) is 13.2 Å². The van der Waals surface area contributed by atoms with Crippen LogP contribution in [0.5, 0.6) is 0 Å². The third-order valence-electron chi connectivity index (χ3n) is 3.17. The second-order valence-electron chi connectivity index (χ2n) is 4.93. The first-order chi connectivity index (χ1) is 11.5. The van der Waals surface area contributed by atoms with Crippen molar-refractivity contribution in [2.75, 3.05) is 4.72 Å². The first-order valence-corrected chi connectivity index (χ1v) is 10.3. The van der Waals surface area contributed by atoms with Crippen molar-refractivity contribution in [2.45, 2.75) is 10.8 Å². The molecule has 0 radical (unpaired) electrons. The van der Waals surface area contributed by atoms with Crippen LogP contribution in [0.15, 0.2) is 62.8 Å². The molecule has 0 saturated carbocycles. The van der Waals surface area contributed by atoms with E-state index in [2.05, 4.69) is 10.0 Å². The average Bonchev–Trinajstić information content (AvgIpc) is 3.26. The molecule has 3 rings (SSSR count). The largest absolute Gasteiger partial charge is 0.348 e. The van der Waals surface area contributed by atoms with E-state index in [4.69, 9.17) is 0 Å². The Morgan fingerprint density at radius 3 is 2.67 bits per heavy atom. The molecule has 8 heteroatoms. The first-order valence-electron chi connectivity index (χ1n) is 7.00. The van der Waals surface area contributed by atoms with E-state index in [1.165, 1.54) is 12.1 Å². The van der Waals surface area contributed by atoms with E-state index in [1.54, 1.807) is 41.0 Å². The van der Waals surface area contributed by atoms with Gasteiger partial charge in [-0.15, -0.1) is 11.3 Å². The highest BCUT2D eigenvalue weighted by Crippen LogP contribution is 2.20. The molecule has 0 bridgehead atoms. The van der Waals surface area contributed by atoms with Gasteiger partial charge in [-0.05, 0) is 52.0 Å². The Balaban J connectivity index is 1.71. The highest BCUT2D eigenvalue weighted by atomic mass is 32.2. The third-order valence-corrected chi connectivity index (χ3v) is 6.68. The fourth-order valence-electron chi connectivity index (χ4n) is 2.02. The van der Waals surface area contributed by atoms with E-state index in [0.29, 0.717) is 17.8 Å². The number of sulfonamides is 1. The smallest absolute Gasteiger partial charge is 0.271 e. The maximum Gasteiger partial charge on any atom is 0.271 e. The Kier molecular flexibility index (Phi) is 4.98. The average molecular weight is 379 g/mol. The summed E-state index contributed by atoms with van der Waals surface area (Å²) >= 11 is 2.70. The first kappa shape index (κ1) is 16.7. The maximum absolute atomic E-state index is 12.2. The fraction of sp³-hybridized carbons (Fsp3) is 0.0625. The van der Waals surface area contributed by atoms with Gasteiger partial charge in [-0.1, -0.05) is 12.1 Å². The monoisotopic (exact) mass is 378 g/mol. The predicted molar refractivity (Wildman–Crippen MR) is 97.1 cm³/mol. The summed E-state index contributed by atoms with van der Waals surface area (Å²) in [4.78, 5) is 12.2. The van der Waals surface area contributed by atoms with Crippen molar-refractivity contribution in [3.05, 3.63) is 69.7 Å². The molecule has 124 valence electrons. The van der Waals surface area contributed by atoms with Crippen molar-refractivity contribution in [2.24, 2.45) is 0 Å². The summed E-state index contributed by atoms with van der Waals surface area (Å²) in [5, 5.41) is 8.42. The number of carbonyl (C=O) groups excluding carboxylic acids is 1. The van der Waals surface area contributed by atoms with Gasteiger partial charge in [0.1, 0.15) is 4.21 Å². The van der Waals surface area contributed by atoms with Crippen LogP contribution in [0.4, 0.5) is 5.69 Å². The molecule has 0 spiro atoms. The molecule has 0 unspecified atom stereocenters. The van der Waals surface area contributed by atoms with Gasteiger partial charge in [0.25, 0.3) is 15.9 Å². The normalized spacial score (nSPS) is 11.2. The van der Waals surface area contributed by atoms with Crippen LogP contribution in [-0.2, 0) is 16.6 Å². The van der Waals surface area contributed by atoms with Gasteiger partial charge in [0.05, 0.1) is 0 Å². The van der Waals surface area contributed by atoms with E-state index in [1.807, 2.05) is 16.8 Å². The van der Waals surface area contributed by atoms with Crippen LogP contribution in [0.25, 0.3) is 0 Å². The molecule has 0 fully saturated rings. The fourth-order valence-corrected chi connectivity index (χ4v) is 4.73. The van der Waals surface area contributed by atoms with Gasteiger partial charge in [0.15, 0.2) is 0 Å². The summed E-state index contributed by atoms with van der Waals surface area (Å²) in [5.74, 6) is -0.252. The number of anilines is 1. The lowest BCUT2D eigenvalue weighted by Gasteiger charge is -2.08. The molecule has 0 aliphatic rings. The van der Waals surface area contributed by atoms with Gasteiger partial charge in [-0.2, -0.15) is 11.3 Å². The Labute approximate surface area is 148 Å². The topological polar surface area (TPSA) is 75.3 Å². The molecule has 1 aromatic carbocycles. The van der Waals surface area contributed by atoms with Crippen molar-refractivity contribution in [1.82, 2.24) is 5.32 Å². The summed E-state index contributed by atoms with van der Waals surface area (Å²) < 4.78 is 27.2. The quantitative estimate of drug-likeness (QED) is 0.689. The van der Waals surface area contributed by atoms with Crippen molar-refractivity contribution >= 4 is 44.3 Å². The number of rotatable bonds is 6. The molecule has 0 saturated heterocycles. The highest BCUT2D eigenvalue weighted by Gasteiger charge is 2.16. The summed E-state index contributed by atoms with van der Waals surface area (Å²) in [6.07, 6.45) is 0. The van der Waals surface area contributed by atoms with Crippen molar-refractivity contribution in [3.8, 4) is 0 Å². The second-order valence-corrected chi connectivity index (χ2v) is 8.57. The molecule has 2 heterocycles. The lowest BCUT2D eigenvalue weighted by atomic mass is 10.2. The Hall–Kier alpha value is -2.16. The zero-order valence-corrected chi connectivity index (χ0v) is 14.9. The predicted octanol–water partition coefficient (Wildman–Crippen LogP) is 3.54. The Morgan fingerprint density at radius 1 is 1.08 bits per heavy atom. The van der Waals surface area contributed by atoms with E-state index >= 15 is 0 Å². The van der Waals surface area contributed by atoms with Crippen molar-refractivity contribution in [1.29, 1.82) is 0 Å². The molecule has 0 atom stereocenters. The molecular formula is C16H14N2O3S3. The van der Waals surface area contributed by atoms with Gasteiger partial charge >= 0.3 is 0 Å². The lowest BCUT2D eigenvalue weighted by molar-refractivity contribution is 0.0951. The van der Waals surface area contributed by atoms with E-state index < -0.39 is 10.0 Å². The molecule has 5 nitrogen and oxygen atoms in total. The van der Waals surface area contributed by atoms with Gasteiger partial charge in [0.2, 0.25) is 0 Å². The Morgan fingerprint density at radius 2 is 1.96 bits per heavy atom. The van der Waals surface area contributed by atoms with Crippen LogP contribution < -0.4 is 10.0 Å². The molecule has 2 N–H and O–H groups in total. The number of thiophene rings is 2. The minimum Gasteiger partial charge on any atom is -0.348 e. The molecular weight excluding hydrogens is 364 g/mol. The minimum atomic E-state index is -3.62. The molecule has 24 heavy (non-hydrogen) atoms. The molecule has 0 aliphatic heterocycles. The van der Waals surface area contributed by atoms with Crippen LogP contribution in [0.2, 0.25) is 0 Å². The molecule has 2 aromatic heterocycles. The van der Waals surface area contributed by atoms with Crippen molar-refractivity contribution < 1.29 is 13.2 Å². The van der Waals surface area contributed by atoms with Gasteiger partial charge in [-0.25, -0.2) is 8.42 Å². The molecule has 3 aromatic rings. The number of benzene rings is 1. The van der Waals surface area contributed by atoms with Gasteiger partial charge in [-0.3, -0.25) is 9.52 Å². The lowest BCUT2D eigenvalue weighted by Crippen LogP contribution is -2.22. The number of nitrogens with one attached hydrogen (secondary N) is 2. The number of carbonyl (C=O) groups is 1. The molecule has 1 amide bonds. The van der Waals surface area contributed by atoms with Gasteiger partial charge in [0, 0.05) is 17.8 Å². The summed E-state index contributed by atoms with van der Waals surface area (Å²) in [6, 6.07) is 11.6. The number of hydrogen-bond donors (Lipinski definition) is 2. The van der Waals surface area contributed by atoms with Crippen LogP contribution in [0.1, 0.15) is 15.9 Å². The van der Waals surface area contributed by atoms with E-state index in [-0.39, 0.29) is 10.1 Å². The summed E-state index contributed by atoms with van der Waals surface area (Å²) in [5.41, 5.74) is 1.78. The van der Waals surface area contributed by atoms with E-state index in [0.717, 1.165) is 16.9 Å². The number of hydrogen-bond acceptors (Lipinski definition) is 5. The number of amides is 1. The van der Waals surface area contributed by atoms with Crippen LogP contribution in [-0.4, -0.2) is 14.3 Å². The second kappa shape index (κ2) is 7.16.